The van der Waals surface area contributed by atoms with Gasteiger partial charge in [-0.05, 0) is 37.3 Å². The Morgan fingerprint density at radius 2 is 1.78 bits per heavy atom. The maximum atomic E-state index is 11.0. The Hall–Kier alpha value is -2.92. The van der Waals surface area contributed by atoms with Gasteiger partial charge < -0.3 is 5.11 Å². The van der Waals surface area contributed by atoms with Crippen molar-refractivity contribution in [2.45, 2.75) is 13.0 Å². The van der Waals surface area contributed by atoms with Crippen LogP contribution < -0.4 is 10.3 Å². The number of benzene rings is 2. The quantitative estimate of drug-likeness (QED) is 0.486. The van der Waals surface area contributed by atoms with Crippen molar-refractivity contribution < 1.29 is 10.1 Å². The number of aromatic hydroxyl groups is 1. The molecular weight excluding hydrogens is 402 g/mol. The second kappa shape index (κ2) is 7.37. The molecule has 1 atom stereocenters. The number of nitrogens with one attached hydrogen (secondary N) is 2. The number of nitrogens with zero attached hydrogens (tertiary/aromatic N) is 1. The van der Waals surface area contributed by atoms with Gasteiger partial charge in [0.2, 0.25) is 0 Å². The highest BCUT2D eigenvalue weighted by molar-refractivity contribution is 9.10. The van der Waals surface area contributed by atoms with E-state index in [1.807, 2.05) is 79.9 Å². The van der Waals surface area contributed by atoms with Gasteiger partial charge >= 0.3 is 0 Å². The molecule has 0 radical (unpaired) electrons. The second-order valence-corrected chi connectivity index (χ2v) is 7.35. The molecule has 0 bridgehead atoms. The summed E-state index contributed by atoms with van der Waals surface area (Å²) < 4.78 is 1.01. The number of phenols is 1. The van der Waals surface area contributed by atoms with Crippen LogP contribution in [0, 0.1) is 6.92 Å². The predicted molar refractivity (Wildman–Crippen MR) is 111 cm³/mol. The molecule has 0 saturated carbocycles. The number of hydrogen-bond donors (Lipinski definition) is 2. The number of aryl methyl sites for hydroxylation is 1. The van der Waals surface area contributed by atoms with E-state index in [1.54, 1.807) is 0 Å². The molecule has 0 unspecified atom stereocenters. The fraction of sp³-hybridized carbons (Fsp3) is 0.0909. The van der Waals surface area contributed by atoms with Crippen LogP contribution in [0.4, 0.5) is 5.82 Å². The molecule has 0 saturated heterocycles. The Morgan fingerprint density at radius 1 is 1.00 bits per heavy atom. The van der Waals surface area contributed by atoms with Gasteiger partial charge in [-0.15, -0.1) is 0 Å². The van der Waals surface area contributed by atoms with E-state index in [9.17, 15) is 5.11 Å². The van der Waals surface area contributed by atoms with Crippen LogP contribution in [0.25, 0.3) is 10.9 Å². The fourth-order valence-electron chi connectivity index (χ4n) is 3.15. The summed E-state index contributed by atoms with van der Waals surface area (Å²) in [6, 6.07) is 21.6. The molecule has 4 nitrogen and oxygen atoms in total. The van der Waals surface area contributed by atoms with Gasteiger partial charge in [-0.2, -0.15) is 0 Å². The first-order valence-corrected chi connectivity index (χ1v) is 9.49. The summed E-state index contributed by atoms with van der Waals surface area (Å²) in [6.07, 6.45) is 1.87. The van der Waals surface area contributed by atoms with Crippen molar-refractivity contribution in [2.75, 3.05) is 5.32 Å². The van der Waals surface area contributed by atoms with Crippen LogP contribution in [0.1, 0.15) is 22.9 Å². The van der Waals surface area contributed by atoms with E-state index in [4.69, 9.17) is 0 Å². The lowest BCUT2D eigenvalue weighted by Crippen LogP contribution is -2.18. The molecular formula is C22H19BrN3O+. The van der Waals surface area contributed by atoms with Crippen LogP contribution in [0.15, 0.2) is 77.4 Å². The fourth-order valence-corrected chi connectivity index (χ4v) is 3.42. The number of rotatable bonds is 4. The third-order valence-corrected chi connectivity index (χ3v) is 5.06. The number of anilines is 1. The van der Waals surface area contributed by atoms with Crippen molar-refractivity contribution in [3.05, 3.63) is 94.2 Å². The van der Waals surface area contributed by atoms with E-state index in [1.165, 1.54) is 0 Å². The van der Waals surface area contributed by atoms with Crippen molar-refractivity contribution in [1.29, 1.82) is 0 Å². The highest BCUT2D eigenvalue weighted by Crippen LogP contribution is 2.36. The van der Waals surface area contributed by atoms with Crippen LogP contribution in [-0.2, 0) is 0 Å². The van der Waals surface area contributed by atoms with Crippen LogP contribution in [0.2, 0.25) is 0 Å². The Bertz CT molecular complexity index is 1080. The summed E-state index contributed by atoms with van der Waals surface area (Å²) >= 11 is 3.49. The molecule has 27 heavy (non-hydrogen) atoms. The van der Waals surface area contributed by atoms with Gasteiger partial charge in [0.05, 0.1) is 6.20 Å². The Kier molecular flexibility index (Phi) is 4.77. The van der Waals surface area contributed by atoms with Gasteiger partial charge in [0, 0.05) is 32.7 Å². The van der Waals surface area contributed by atoms with Crippen LogP contribution >= 0.6 is 15.9 Å². The first-order chi connectivity index (χ1) is 13.1. The van der Waals surface area contributed by atoms with Crippen LogP contribution in [-0.4, -0.2) is 10.1 Å². The third kappa shape index (κ3) is 3.64. The SMILES string of the molecule is Cc1ccc2ccc([C@@H](Nc3cccc[nH+]3)c3ccc(Br)cc3)c(O)c2n1. The highest BCUT2D eigenvalue weighted by Gasteiger charge is 2.24. The molecule has 134 valence electrons. The van der Waals surface area contributed by atoms with Crippen LogP contribution in [0.5, 0.6) is 5.75 Å². The molecule has 2 aromatic carbocycles. The zero-order valence-corrected chi connectivity index (χ0v) is 16.4. The maximum absolute atomic E-state index is 11.0. The Morgan fingerprint density at radius 3 is 2.52 bits per heavy atom. The lowest BCUT2D eigenvalue weighted by molar-refractivity contribution is -0.361. The molecule has 2 heterocycles. The van der Waals surface area contributed by atoms with Crippen molar-refractivity contribution in [3.63, 3.8) is 0 Å². The molecule has 0 aliphatic heterocycles. The van der Waals surface area contributed by atoms with Crippen molar-refractivity contribution in [2.24, 2.45) is 0 Å². The standard InChI is InChI=1S/C22H18BrN3O/c1-14-5-6-16-9-12-18(22(27)21(16)25-14)20(15-7-10-17(23)11-8-15)26-19-4-2-3-13-24-19/h2-13,20,27H,1H3,(H,24,26)/p+1/t20-/m0/s1. The molecule has 4 rings (SSSR count). The van der Waals surface area contributed by atoms with E-state index >= 15 is 0 Å². The summed E-state index contributed by atoms with van der Waals surface area (Å²) in [5.74, 6) is 1.06. The molecule has 5 heteroatoms. The molecule has 0 fully saturated rings. The molecule has 0 amide bonds. The maximum Gasteiger partial charge on any atom is 0.272 e. The molecule has 0 aliphatic carbocycles. The number of fused-ring (bicyclic) bond motifs is 1. The van der Waals surface area contributed by atoms with E-state index in [0.717, 1.165) is 32.5 Å². The second-order valence-electron chi connectivity index (χ2n) is 6.43. The lowest BCUT2D eigenvalue weighted by atomic mass is 9.96. The van der Waals surface area contributed by atoms with Crippen molar-refractivity contribution >= 4 is 32.7 Å². The van der Waals surface area contributed by atoms with Gasteiger partial charge in [-0.25, -0.2) is 9.97 Å². The van der Waals surface area contributed by atoms with Crippen molar-refractivity contribution in [3.8, 4) is 5.75 Å². The number of pyridine rings is 2. The highest BCUT2D eigenvalue weighted by atomic mass is 79.9. The van der Waals surface area contributed by atoms with Crippen LogP contribution in [0.3, 0.4) is 0 Å². The third-order valence-electron chi connectivity index (χ3n) is 4.53. The lowest BCUT2D eigenvalue weighted by Gasteiger charge is -2.18. The van der Waals surface area contributed by atoms with Gasteiger partial charge in [-0.3, -0.25) is 5.32 Å². The summed E-state index contributed by atoms with van der Waals surface area (Å²) in [6.45, 7) is 1.93. The summed E-state index contributed by atoms with van der Waals surface area (Å²) in [4.78, 5) is 7.74. The van der Waals surface area contributed by atoms with E-state index < -0.39 is 0 Å². The number of aromatic amines is 1. The average Bonchev–Trinajstić information content (AvgIpc) is 2.69. The van der Waals surface area contributed by atoms with Crippen molar-refractivity contribution in [1.82, 2.24) is 4.98 Å². The summed E-state index contributed by atoms with van der Waals surface area (Å²) in [7, 11) is 0. The Labute approximate surface area is 166 Å². The van der Waals surface area contributed by atoms with Gasteiger partial charge in [-0.1, -0.05) is 46.3 Å². The summed E-state index contributed by atoms with van der Waals surface area (Å²) in [5.41, 5.74) is 3.31. The van der Waals surface area contributed by atoms with Gasteiger partial charge in [0.1, 0.15) is 17.3 Å². The minimum absolute atomic E-state index is 0.201. The largest absolute Gasteiger partial charge is 0.505 e. The predicted octanol–water partition coefficient (Wildman–Crippen LogP) is 5.03. The molecule has 2 aromatic heterocycles. The zero-order valence-electron chi connectivity index (χ0n) is 14.8. The minimum Gasteiger partial charge on any atom is -0.505 e. The molecule has 4 aromatic rings. The molecule has 0 aliphatic rings. The van der Waals surface area contributed by atoms with E-state index in [-0.39, 0.29) is 11.8 Å². The van der Waals surface area contributed by atoms with Gasteiger partial charge in [0.15, 0.2) is 0 Å². The van der Waals surface area contributed by atoms with E-state index in [0.29, 0.717) is 5.52 Å². The number of halogens is 1. The topological polar surface area (TPSA) is 59.3 Å². The zero-order chi connectivity index (χ0) is 18.8. The molecule has 0 spiro atoms. The first-order valence-electron chi connectivity index (χ1n) is 8.70. The monoisotopic (exact) mass is 420 g/mol. The number of phenolic OH excluding ortho intramolecular Hbond substituents is 1. The first kappa shape index (κ1) is 17.5. The number of H-pyrrole nitrogens is 1. The number of aromatic nitrogens is 2. The van der Waals surface area contributed by atoms with Gasteiger partial charge in [0.25, 0.3) is 5.82 Å². The smallest absolute Gasteiger partial charge is 0.272 e. The summed E-state index contributed by atoms with van der Waals surface area (Å²) in [5, 5.41) is 15.4. The van der Waals surface area contributed by atoms with E-state index in [2.05, 4.69) is 31.2 Å². The molecule has 3 N–H and O–H groups in total. The number of hydrogen-bond acceptors (Lipinski definition) is 3. The minimum atomic E-state index is -0.233. The normalized spacial score (nSPS) is 12.1. The Balaban J connectivity index is 1.86. The average molecular weight is 421 g/mol.